The maximum atomic E-state index is 11.8. The van der Waals surface area contributed by atoms with Crippen LogP contribution in [-0.4, -0.2) is 31.8 Å². The molecule has 1 aliphatic heterocycles. The number of fused-ring (bicyclic) bond motifs is 2. The molecule has 4 heterocycles. The van der Waals surface area contributed by atoms with Crippen molar-refractivity contribution in [2.45, 2.75) is 25.9 Å². The van der Waals surface area contributed by atoms with E-state index in [4.69, 9.17) is 15.7 Å². The number of hydrogen-bond donors (Lipinski definition) is 3. The summed E-state index contributed by atoms with van der Waals surface area (Å²) in [6, 6.07) is 13.8. The van der Waals surface area contributed by atoms with Crippen LogP contribution in [-0.2, 0) is 13.0 Å². The van der Waals surface area contributed by atoms with Gasteiger partial charge in [-0.2, -0.15) is 0 Å². The fourth-order valence-electron chi connectivity index (χ4n) is 4.08. The number of carbonyl (C=O) groups is 1. The summed E-state index contributed by atoms with van der Waals surface area (Å²) in [5.41, 5.74) is 9.85. The highest BCUT2D eigenvalue weighted by Gasteiger charge is 2.25. The maximum absolute atomic E-state index is 11.8. The van der Waals surface area contributed by atoms with Gasteiger partial charge < -0.3 is 16.4 Å². The number of nitrogens with two attached hydrogens (primary N) is 1. The molecular weight excluding hydrogens is 390 g/mol. The van der Waals surface area contributed by atoms with Crippen molar-refractivity contribution in [3.8, 4) is 11.6 Å². The molecule has 0 saturated heterocycles. The Morgan fingerprint density at radius 3 is 2.87 bits per heavy atom. The number of primary amides is 1. The molecule has 31 heavy (non-hydrogen) atoms. The van der Waals surface area contributed by atoms with Crippen LogP contribution in [0.15, 0.2) is 54.9 Å². The highest BCUT2D eigenvalue weighted by molar-refractivity contribution is 5.99. The second kappa shape index (κ2) is 7.81. The Balaban J connectivity index is 1.61. The van der Waals surface area contributed by atoms with Crippen LogP contribution in [0.25, 0.3) is 17.2 Å². The minimum absolute atomic E-state index is 0.148. The minimum atomic E-state index is -0.492. The van der Waals surface area contributed by atoms with Gasteiger partial charge in [-0.3, -0.25) is 9.20 Å². The maximum Gasteiger partial charge on any atom is 0.250 e. The third kappa shape index (κ3) is 3.51. The summed E-state index contributed by atoms with van der Waals surface area (Å²) in [4.78, 5) is 26.0. The van der Waals surface area contributed by atoms with Crippen molar-refractivity contribution in [3.63, 3.8) is 0 Å². The number of nitrogens with one attached hydrogen (secondary N) is 2. The van der Waals surface area contributed by atoms with Gasteiger partial charge in [0, 0.05) is 37.3 Å². The lowest BCUT2D eigenvalue weighted by Gasteiger charge is -2.26. The van der Waals surface area contributed by atoms with E-state index in [2.05, 4.69) is 34.7 Å². The van der Waals surface area contributed by atoms with Crippen molar-refractivity contribution < 1.29 is 4.79 Å². The van der Waals surface area contributed by atoms with Crippen molar-refractivity contribution in [1.29, 1.82) is 0 Å². The topological polar surface area (TPSA) is 110 Å². The first-order valence-corrected chi connectivity index (χ1v) is 10.3. The summed E-state index contributed by atoms with van der Waals surface area (Å²) in [7, 11) is 0. The van der Waals surface area contributed by atoms with Crippen LogP contribution in [0.4, 0.5) is 5.82 Å². The quantitative estimate of drug-likeness (QED) is 0.464. The lowest BCUT2D eigenvalue weighted by molar-refractivity contribution is 0.100. The third-order valence-corrected chi connectivity index (χ3v) is 5.61. The largest absolute Gasteiger partial charge is 0.366 e. The van der Waals surface area contributed by atoms with Crippen LogP contribution in [0.1, 0.15) is 40.1 Å². The molecule has 0 fully saturated rings. The van der Waals surface area contributed by atoms with Crippen LogP contribution in [0.5, 0.6) is 0 Å². The Kier molecular flexibility index (Phi) is 4.83. The molecule has 1 amide bonds. The van der Waals surface area contributed by atoms with Gasteiger partial charge in [0.2, 0.25) is 0 Å². The molecule has 0 bridgehead atoms. The van der Waals surface area contributed by atoms with Crippen LogP contribution < -0.4 is 16.4 Å². The highest BCUT2D eigenvalue weighted by Crippen LogP contribution is 2.30. The van der Waals surface area contributed by atoms with E-state index in [1.54, 1.807) is 18.3 Å². The first kappa shape index (κ1) is 19.2. The zero-order chi connectivity index (χ0) is 21.4. The number of benzene rings is 1. The van der Waals surface area contributed by atoms with Gasteiger partial charge in [-0.05, 0) is 24.6 Å². The Morgan fingerprint density at radius 2 is 2.06 bits per heavy atom. The van der Waals surface area contributed by atoms with Gasteiger partial charge in [0.1, 0.15) is 5.82 Å². The van der Waals surface area contributed by atoms with E-state index in [9.17, 15) is 4.79 Å². The molecule has 1 unspecified atom stereocenters. The predicted molar refractivity (Wildman–Crippen MR) is 119 cm³/mol. The summed E-state index contributed by atoms with van der Waals surface area (Å²) in [6.45, 7) is 3.64. The van der Waals surface area contributed by atoms with Crippen LogP contribution in [0.3, 0.4) is 0 Å². The van der Waals surface area contributed by atoms with Gasteiger partial charge in [-0.15, -0.1) is 0 Å². The second-order valence-electron chi connectivity index (χ2n) is 7.64. The van der Waals surface area contributed by atoms with Gasteiger partial charge in [0.05, 0.1) is 23.0 Å². The van der Waals surface area contributed by atoms with E-state index >= 15 is 0 Å². The summed E-state index contributed by atoms with van der Waals surface area (Å²) in [6.07, 6.45) is 4.29. The number of nitrogens with zero attached hydrogens (tertiary/aromatic N) is 4. The standard InChI is InChI=1S/C23H23N7O/c1-14-19-17(9-10-25-14)28-22(29-21(19)26-12-15-6-3-2-4-7-15)23-27-13-18-16(20(24)31)8-5-11-30(18)23/h2-8,11,13-14,25H,9-10,12H2,1H3,(H2,24,31)(H,26,28,29). The zero-order valence-corrected chi connectivity index (χ0v) is 17.2. The van der Waals surface area contributed by atoms with E-state index < -0.39 is 5.91 Å². The molecule has 4 N–H and O–H groups in total. The summed E-state index contributed by atoms with van der Waals surface area (Å²) >= 11 is 0. The van der Waals surface area contributed by atoms with Gasteiger partial charge in [-0.1, -0.05) is 30.3 Å². The van der Waals surface area contributed by atoms with Crippen molar-refractivity contribution in [2.24, 2.45) is 5.73 Å². The molecule has 0 aliphatic carbocycles. The Bertz CT molecular complexity index is 1270. The molecule has 4 aromatic rings. The van der Waals surface area contributed by atoms with E-state index in [0.29, 0.717) is 29.3 Å². The van der Waals surface area contributed by atoms with Crippen molar-refractivity contribution >= 4 is 17.2 Å². The number of anilines is 1. The Hall–Kier alpha value is -3.78. The molecule has 1 aliphatic rings. The van der Waals surface area contributed by atoms with E-state index in [0.717, 1.165) is 30.0 Å². The number of pyridine rings is 1. The fourth-order valence-corrected chi connectivity index (χ4v) is 4.08. The van der Waals surface area contributed by atoms with Crippen molar-refractivity contribution in [3.05, 3.63) is 77.2 Å². The van der Waals surface area contributed by atoms with Crippen molar-refractivity contribution in [2.75, 3.05) is 11.9 Å². The molecule has 0 radical (unpaired) electrons. The van der Waals surface area contributed by atoms with Gasteiger partial charge in [-0.25, -0.2) is 15.0 Å². The number of imidazole rings is 1. The molecule has 3 aromatic heterocycles. The number of rotatable bonds is 5. The van der Waals surface area contributed by atoms with Gasteiger partial charge in [0.25, 0.3) is 5.91 Å². The van der Waals surface area contributed by atoms with E-state index in [1.165, 1.54) is 5.56 Å². The first-order chi connectivity index (χ1) is 15.1. The van der Waals surface area contributed by atoms with Gasteiger partial charge >= 0.3 is 0 Å². The Morgan fingerprint density at radius 1 is 1.23 bits per heavy atom. The van der Waals surface area contributed by atoms with Crippen LogP contribution in [0.2, 0.25) is 0 Å². The molecule has 156 valence electrons. The molecular formula is C23H23N7O. The fraction of sp³-hybridized carbons (Fsp3) is 0.217. The molecule has 0 saturated carbocycles. The molecule has 1 atom stereocenters. The normalized spacial score (nSPS) is 15.6. The number of amides is 1. The van der Waals surface area contributed by atoms with E-state index in [-0.39, 0.29) is 6.04 Å². The minimum Gasteiger partial charge on any atom is -0.366 e. The van der Waals surface area contributed by atoms with E-state index in [1.807, 2.05) is 28.8 Å². The molecule has 8 heteroatoms. The summed E-state index contributed by atoms with van der Waals surface area (Å²) in [5, 5.41) is 6.99. The molecule has 1 aromatic carbocycles. The smallest absolute Gasteiger partial charge is 0.250 e. The van der Waals surface area contributed by atoms with Crippen molar-refractivity contribution in [1.82, 2.24) is 24.7 Å². The lowest BCUT2D eigenvalue weighted by Crippen LogP contribution is -2.30. The average Bonchev–Trinajstić information content (AvgIpc) is 3.22. The summed E-state index contributed by atoms with van der Waals surface area (Å²) < 4.78 is 1.81. The van der Waals surface area contributed by atoms with Crippen LogP contribution in [0, 0.1) is 0 Å². The SMILES string of the molecule is CC1NCCc2nc(-c3ncc4c(C(N)=O)cccn34)nc(NCc3ccccc3)c21. The van der Waals surface area contributed by atoms with Gasteiger partial charge in [0.15, 0.2) is 11.6 Å². The molecule has 8 nitrogen and oxygen atoms in total. The molecule has 0 spiro atoms. The predicted octanol–water partition coefficient (Wildman–Crippen LogP) is 2.71. The first-order valence-electron chi connectivity index (χ1n) is 10.3. The number of aromatic nitrogens is 4. The number of carbonyl (C=O) groups excluding carboxylic acids is 1. The number of hydrogen-bond acceptors (Lipinski definition) is 6. The van der Waals surface area contributed by atoms with Crippen LogP contribution >= 0.6 is 0 Å². The average molecular weight is 413 g/mol. The summed E-state index contributed by atoms with van der Waals surface area (Å²) in [5.74, 6) is 1.40. The second-order valence-corrected chi connectivity index (χ2v) is 7.64. The zero-order valence-electron chi connectivity index (χ0n) is 17.2. The highest BCUT2D eigenvalue weighted by atomic mass is 16.1. The lowest BCUT2D eigenvalue weighted by atomic mass is 10.0. The molecule has 5 rings (SSSR count). The third-order valence-electron chi connectivity index (χ3n) is 5.61. The Labute approximate surface area is 179 Å². The monoisotopic (exact) mass is 413 g/mol.